The molecule has 2 atom stereocenters. The Morgan fingerprint density at radius 3 is 2.72 bits per heavy atom. The van der Waals surface area contributed by atoms with Crippen molar-refractivity contribution >= 4 is 16.9 Å². The quantitative estimate of drug-likeness (QED) is 0.747. The molecule has 5 rings (SSSR count). The Morgan fingerprint density at radius 2 is 1.97 bits per heavy atom. The lowest BCUT2D eigenvalue weighted by Gasteiger charge is -2.58. The van der Waals surface area contributed by atoms with Crippen LogP contribution in [-0.4, -0.2) is 61.6 Å². The van der Waals surface area contributed by atoms with Gasteiger partial charge in [-0.05, 0) is 29.9 Å². The van der Waals surface area contributed by atoms with E-state index in [4.69, 9.17) is 9.15 Å². The van der Waals surface area contributed by atoms with Gasteiger partial charge in [0.1, 0.15) is 11.1 Å². The number of para-hydroxylation sites is 1. The molecule has 0 N–H and O–H groups in total. The molecule has 0 spiro atoms. The summed E-state index contributed by atoms with van der Waals surface area (Å²) in [6.45, 7) is 10.5. The highest BCUT2D eigenvalue weighted by Gasteiger charge is 2.63. The highest BCUT2D eigenvalue weighted by atomic mass is 16.5. The van der Waals surface area contributed by atoms with Crippen molar-refractivity contribution in [3.63, 3.8) is 0 Å². The van der Waals surface area contributed by atoms with Crippen molar-refractivity contribution < 1.29 is 13.9 Å². The molecular formula is C23H28N2O4. The fourth-order valence-corrected chi connectivity index (χ4v) is 6.08. The molecule has 6 heteroatoms. The van der Waals surface area contributed by atoms with Gasteiger partial charge in [-0.25, -0.2) is 4.79 Å². The van der Waals surface area contributed by atoms with Crippen LogP contribution >= 0.6 is 0 Å². The summed E-state index contributed by atoms with van der Waals surface area (Å²) < 4.78 is 10.9. The van der Waals surface area contributed by atoms with E-state index in [0.717, 1.165) is 44.7 Å². The van der Waals surface area contributed by atoms with Crippen molar-refractivity contribution in [1.29, 1.82) is 0 Å². The number of morpholine rings is 1. The summed E-state index contributed by atoms with van der Waals surface area (Å²) in [5, 5.41) is 0.779. The lowest BCUT2D eigenvalue weighted by molar-refractivity contribution is -0.0966. The van der Waals surface area contributed by atoms with Crippen molar-refractivity contribution in [3.8, 4) is 0 Å². The van der Waals surface area contributed by atoms with E-state index in [1.807, 2.05) is 23.1 Å². The average molecular weight is 396 g/mol. The molecular weight excluding hydrogens is 368 g/mol. The van der Waals surface area contributed by atoms with Crippen molar-refractivity contribution in [2.75, 3.05) is 45.9 Å². The lowest BCUT2D eigenvalue weighted by Crippen LogP contribution is -2.59. The van der Waals surface area contributed by atoms with Gasteiger partial charge in [-0.15, -0.1) is 0 Å². The van der Waals surface area contributed by atoms with Gasteiger partial charge in [0.25, 0.3) is 5.91 Å². The first-order chi connectivity index (χ1) is 13.9. The highest BCUT2D eigenvalue weighted by Crippen LogP contribution is 2.63. The number of carbonyl (C=O) groups excluding carboxylic acids is 1. The molecule has 3 aliphatic rings. The molecule has 0 unspecified atom stereocenters. The topological polar surface area (TPSA) is 63.0 Å². The van der Waals surface area contributed by atoms with Crippen LogP contribution in [-0.2, 0) is 4.74 Å². The van der Waals surface area contributed by atoms with Crippen LogP contribution in [0, 0.1) is 16.7 Å². The molecule has 2 aliphatic heterocycles. The van der Waals surface area contributed by atoms with Crippen LogP contribution in [0.15, 0.2) is 39.5 Å². The number of fused-ring (bicyclic) bond motifs is 2. The Kier molecular flexibility index (Phi) is 4.33. The largest absolute Gasteiger partial charge is 0.422 e. The number of carbonyl (C=O) groups is 1. The van der Waals surface area contributed by atoms with Crippen molar-refractivity contribution in [1.82, 2.24) is 9.80 Å². The SMILES string of the molecule is CC1(C)C[C@]2(CN3CCOCC3)CN(C(=O)c3cc4ccccc4oc3=O)C[C@H]12. The van der Waals surface area contributed by atoms with E-state index in [2.05, 4.69) is 18.7 Å². The molecule has 1 saturated carbocycles. The third kappa shape index (κ3) is 3.09. The van der Waals surface area contributed by atoms with Crippen LogP contribution in [0.3, 0.4) is 0 Å². The number of hydrogen-bond acceptors (Lipinski definition) is 5. The minimum atomic E-state index is -0.547. The molecule has 6 nitrogen and oxygen atoms in total. The molecule has 0 bridgehead atoms. The average Bonchev–Trinajstić information content (AvgIpc) is 3.02. The number of amides is 1. The fourth-order valence-electron chi connectivity index (χ4n) is 6.08. The summed E-state index contributed by atoms with van der Waals surface area (Å²) in [4.78, 5) is 30.2. The zero-order valence-corrected chi connectivity index (χ0v) is 17.1. The predicted octanol–water partition coefficient (Wildman–Crippen LogP) is 2.61. The second kappa shape index (κ2) is 6.67. The van der Waals surface area contributed by atoms with Crippen LogP contribution in [0.1, 0.15) is 30.6 Å². The van der Waals surface area contributed by atoms with Gasteiger partial charge in [0.2, 0.25) is 0 Å². The number of likely N-dealkylation sites (tertiary alicyclic amines) is 1. The van der Waals surface area contributed by atoms with E-state index >= 15 is 0 Å². The third-order valence-electron chi connectivity index (χ3n) is 7.20. The first-order valence-electron chi connectivity index (χ1n) is 10.5. The van der Waals surface area contributed by atoms with Gasteiger partial charge in [0.15, 0.2) is 0 Å². The lowest BCUT2D eigenvalue weighted by atomic mass is 9.48. The number of hydrogen-bond donors (Lipinski definition) is 0. The normalized spacial score (nSPS) is 28.9. The van der Waals surface area contributed by atoms with Crippen LogP contribution < -0.4 is 5.63 Å². The minimum absolute atomic E-state index is 0.119. The highest BCUT2D eigenvalue weighted by molar-refractivity contribution is 5.96. The van der Waals surface area contributed by atoms with Gasteiger partial charge in [0, 0.05) is 43.5 Å². The molecule has 1 aliphatic carbocycles. The molecule has 1 amide bonds. The molecule has 154 valence electrons. The first kappa shape index (κ1) is 18.8. The number of ether oxygens (including phenoxy) is 1. The zero-order valence-electron chi connectivity index (χ0n) is 17.1. The Balaban J connectivity index is 1.41. The molecule has 3 fully saturated rings. The predicted molar refractivity (Wildman–Crippen MR) is 110 cm³/mol. The van der Waals surface area contributed by atoms with Gasteiger partial charge in [-0.3, -0.25) is 9.69 Å². The Hall–Kier alpha value is -2.18. The second-order valence-corrected chi connectivity index (χ2v) is 9.64. The molecule has 2 saturated heterocycles. The van der Waals surface area contributed by atoms with E-state index < -0.39 is 5.63 Å². The smallest absolute Gasteiger partial charge is 0.349 e. The monoisotopic (exact) mass is 396 g/mol. The van der Waals surface area contributed by atoms with E-state index in [-0.39, 0.29) is 22.3 Å². The minimum Gasteiger partial charge on any atom is -0.422 e. The number of benzene rings is 1. The maximum absolute atomic E-state index is 13.3. The van der Waals surface area contributed by atoms with Gasteiger partial charge >= 0.3 is 5.63 Å². The summed E-state index contributed by atoms with van der Waals surface area (Å²) in [5.41, 5.74) is 0.447. The summed E-state index contributed by atoms with van der Waals surface area (Å²) in [5.74, 6) is 0.255. The molecule has 1 aromatic carbocycles. The van der Waals surface area contributed by atoms with Crippen molar-refractivity contribution in [2.45, 2.75) is 20.3 Å². The van der Waals surface area contributed by atoms with E-state index in [9.17, 15) is 9.59 Å². The van der Waals surface area contributed by atoms with Gasteiger partial charge in [-0.2, -0.15) is 0 Å². The van der Waals surface area contributed by atoms with Crippen LogP contribution in [0.2, 0.25) is 0 Å². The summed E-state index contributed by atoms with van der Waals surface area (Å²) in [6, 6.07) is 9.01. The number of rotatable bonds is 3. The van der Waals surface area contributed by atoms with Gasteiger partial charge < -0.3 is 14.1 Å². The molecule has 3 heterocycles. The van der Waals surface area contributed by atoms with E-state index in [0.29, 0.717) is 24.6 Å². The summed E-state index contributed by atoms with van der Waals surface area (Å²) >= 11 is 0. The summed E-state index contributed by atoms with van der Waals surface area (Å²) in [7, 11) is 0. The summed E-state index contributed by atoms with van der Waals surface area (Å²) in [6.07, 6.45) is 1.11. The molecule has 1 aromatic heterocycles. The van der Waals surface area contributed by atoms with Gasteiger partial charge in [-0.1, -0.05) is 32.0 Å². The second-order valence-electron chi connectivity index (χ2n) is 9.64. The standard InChI is InChI=1S/C23H28N2O4/c1-22(2)13-23(14-24-7-9-28-10-8-24)15-25(12-19(22)23)20(26)17-11-16-5-3-4-6-18(16)29-21(17)27/h3-6,11,19H,7-10,12-15H2,1-2H3/t19-,23+/m1/s1. The maximum atomic E-state index is 13.3. The fraction of sp³-hybridized carbons (Fsp3) is 0.565. The number of nitrogens with zero attached hydrogens (tertiary/aromatic N) is 2. The van der Waals surface area contributed by atoms with Gasteiger partial charge in [0.05, 0.1) is 13.2 Å². The van der Waals surface area contributed by atoms with Crippen LogP contribution in [0.4, 0.5) is 0 Å². The van der Waals surface area contributed by atoms with E-state index in [1.54, 1.807) is 12.1 Å². The van der Waals surface area contributed by atoms with Crippen LogP contribution in [0.25, 0.3) is 11.0 Å². The Bertz CT molecular complexity index is 1010. The molecule has 29 heavy (non-hydrogen) atoms. The Labute approximate surface area is 170 Å². The zero-order chi connectivity index (χ0) is 20.2. The molecule has 0 radical (unpaired) electrons. The molecule has 2 aromatic rings. The third-order valence-corrected chi connectivity index (χ3v) is 7.20. The first-order valence-corrected chi connectivity index (χ1v) is 10.5. The van der Waals surface area contributed by atoms with Crippen molar-refractivity contribution in [3.05, 3.63) is 46.3 Å². The maximum Gasteiger partial charge on any atom is 0.349 e. The van der Waals surface area contributed by atoms with Crippen molar-refractivity contribution in [2.24, 2.45) is 16.7 Å². The van der Waals surface area contributed by atoms with Crippen LogP contribution in [0.5, 0.6) is 0 Å². The van der Waals surface area contributed by atoms with E-state index in [1.165, 1.54) is 0 Å². The Morgan fingerprint density at radius 1 is 1.21 bits per heavy atom.